The van der Waals surface area contributed by atoms with Gasteiger partial charge in [-0.15, -0.1) is 13.2 Å². The summed E-state index contributed by atoms with van der Waals surface area (Å²) in [6.07, 6.45) is -2.05. The number of benzene rings is 2. The smallest absolute Gasteiger partial charge is 0.404 e. The normalized spacial score (nSPS) is 15.6. The Labute approximate surface area is 200 Å². The molecule has 0 atom stereocenters. The van der Waals surface area contributed by atoms with E-state index in [0.29, 0.717) is 16.5 Å². The summed E-state index contributed by atoms with van der Waals surface area (Å²) in [6.45, 7) is 3.13. The first-order chi connectivity index (χ1) is 16.4. The molecule has 2 heterocycles. The molecule has 2 aromatic carbocycles. The highest BCUT2D eigenvalue weighted by molar-refractivity contribution is 7.92. The lowest BCUT2D eigenvalue weighted by atomic mass is 10.1. The number of nitrogens with one attached hydrogen (secondary N) is 1. The molecule has 1 fully saturated rings. The largest absolute Gasteiger partial charge is 0.573 e. The van der Waals surface area contributed by atoms with Crippen molar-refractivity contribution in [3.05, 3.63) is 53.6 Å². The van der Waals surface area contributed by atoms with Gasteiger partial charge in [-0.25, -0.2) is 23.5 Å². The number of piperazine rings is 1. The van der Waals surface area contributed by atoms with E-state index in [4.69, 9.17) is 5.14 Å². The predicted molar refractivity (Wildman–Crippen MR) is 128 cm³/mol. The fourth-order valence-corrected chi connectivity index (χ4v) is 3.94. The minimum atomic E-state index is -4.87. The highest BCUT2D eigenvalue weighted by atomic mass is 32.2. The van der Waals surface area contributed by atoms with Crippen molar-refractivity contribution in [1.82, 2.24) is 14.9 Å². The Balaban J connectivity index is 1.66. The molecule has 0 unspecified atom stereocenters. The monoisotopic (exact) mass is 508 g/mol. The van der Waals surface area contributed by atoms with E-state index < -0.39 is 22.1 Å². The number of primary sulfonamides is 1. The van der Waals surface area contributed by atoms with Crippen molar-refractivity contribution >= 4 is 44.3 Å². The second-order valence-electron chi connectivity index (χ2n) is 8.05. The van der Waals surface area contributed by atoms with E-state index in [1.165, 1.54) is 18.3 Å². The number of nitrogens with two attached hydrogens (primary N) is 1. The van der Waals surface area contributed by atoms with Crippen LogP contribution in [-0.4, -0.2) is 62.9 Å². The van der Waals surface area contributed by atoms with Crippen molar-refractivity contribution in [1.29, 1.82) is 0 Å². The summed E-state index contributed by atoms with van der Waals surface area (Å²) in [4.78, 5) is 12.8. The summed E-state index contributed by atoms with van der Waals surface area (Å²) < 4.78 is 65.6. The Kier molecular flexibility index (Phi) is 6.83. The van der Waals surface area contributed by atoms with E-state index in [2.05, 4.69) is 29.8 Å². The standard InChI is InChI=1S/C22H23F3N6O3S/c1-30-7-9-31(10-8-30)17-4-5-20(34-22(23,24)25)19(13-17)29-21-27-14-16-3-2-15(12-18(16)28-21)6-11-35(26,32)33/h2-6,11-14H,7-10H2,1H3,(H2,26,32,33)(H,27,28,29)/b11-6+. The van der Waals surface area contributed by atoms with Gasteiger partial charge in [0.15, 0.2) is 5.75 Å². The maximum atomic E-state index is 13.0. The van der Waals surface area contributed by atoms with E-state index >= 15 is 0 Å². The SMILES string of the molecule is CN1CCN(c2ccc(OC(F)(F)F)c(Nc3ncc4ccc(/C=C/S(N)(=O)=O)cc4n3)c2)CC1. The minimum Gasteiger partial charge on any atom is -0.404 e. The summed E-state index contributed by atoms with van der Waals surface area (Å²) in [5, 5.41) is 9.34. The van der Waals surface area contributed by atoms with Gasteiger partial charge in [0.1, 0.15) is 0 Å². The number of aromatic nitrogens is 2. The van der Waals surface area contributed by atoms with E-state index in [0.717, 1.165) is 37.3 Å². The van der Waals surface area contributed by atoms with Gasteiger partial charge in [-0.3, -0.25) is 0 Å². The summed E-state index contributed by atoms with van der Waals surface area (Å²) in [7, 11) is -1.79. The van der Waals surface area contributed by atoms with Crippen molar-refractivity contribution in [3.8, 4) is 5.75 Å². The number of sulfonamides is 1. The molecule has 4 rings (SSSR count). The molecule has 0 saturated carbocycles. The molecule has 0 aliphatic carbocycles. The molecule has 3 N–H and O–H groups in total. The zero-order valence-corrected chi connectivity index (χ0v) is 19.5. The van der Waals surface area contributed by atoms with Crippen LogP contribution >= 0.6 is 0 Å². The maximum Gasteiger partial charge on any atom is 0.573 e. The molecule has 0 spiro atoms. The van der Waals surface area contributed by atoms with Crippen molar-refractivity contribution in [2.75, 3.05) is 43.4 Å². The number of halogens is 3. The van der Waals surface area contributed by atoms with Crippen molar-refractivity contribution < 1.29 is 26.3 Å². The first kappa shape index (κ1) is 24.7. The van der Waals surface area contributed by atoms with Gasteiger partial charge >= 0.3 is 6.36 Å². The highest BCUT2D eigenvalue weighted by Crippen LogP contribution is 2.35. The topological polar surface area (TPSA) is 114 Å². The Hall–Kier alpha value is -3.42. The van der Waals surface area contributed by atoms with Gasteiger partial charge in [-0.1, -0.05) is 12.1 Å². The number of rotatable bonds is 6. The number of likely N-dealkylation sites (N-methyl/N-ethyl adjacent to an activating group) is 1. The number of fused-ring (bicyclic) bond motifs is 1. The van der Waals surface area contributed by atoms with Gasteiger partial charge in [0.2, 0.25) is 16.0 Å². The van der Waals surface area contributed by atoms with Gasteiger partial charge in [0.25, 0.3) is 0 Å². The summed E-state index contributed by atoms with van der Waals surface area (Å²) in [5.74, 6) is -0.364. The average Bonchev–Trinajstić information content (AvgIpc) is 2.78. The number of hydrogen-bond acceptors (Lipinski definition) is 8. The molecule has 1 aliphatic rings. The van der Waals surface area contributed by atoms with Crippen LogP contribution in [0.5, 0.6) is 5.75 Å². The second kappa shape index (κ2) is 9.68. The van der Waals surface area contributed by atoms with E-state index in [1.54, 1.807) is 30.3 Å². The van der Waals surface area contributed by atoms with E-state index in [9.17, 15) is 21.6 Å². The third kappa shape index (κ3) is 6.81. The van der Waals surface area contributed by atoms with Crippen LogP contribution < -0.4 is 20.1 Å². The lowest BCUT2D eigenvalue weighted by Gasteiger charge is -2.34. The number of ether oxygens (including phenoxy) is 1. The molecule has 35 heavy (non-hydrogen) atoms. The van der Waals surface area contributed by atoms with Crippen LogP contribution in [0.15, 0.2) is 48.0 Å². The average molecular weight is 509 g/mol. The Morgan fingerprint density at radius 1 is 1.11 bits per heavy atom. The van der Waals surface area contributed by atoms with Crippen LogP contribution in [-0.2, 0) is 10.0 Å². The van der Waals surface area contributed by atoms with Crippen molar-refractivity contribution in [3.63, 3.8) is 0 Å². The number of anilines is 3. The molecule has 1 aromatic heterocycles. The Bertz CT molecular complexity index is 1360. The fourth-order valence-electron chi connectivity index (χ4n) is 3.59. The third-order valence-electron chi connectivity index (χ3n) is 5.36. The lowest BCUT2D eigenvalue weighted by Crippen LogP contribution is -2.44. The van der Waals surface area contributed by atoms with Gasteiger partial charge in [0.05, 0.1) is 11.2 Å². The van der Waals surface area contributed by atoms with Crippen LogP contribution in [0, 0.1) is 0 Å². The molecule has 0 bridgehead atoms. The molecule has 0 amide bonds. The Morgan fingerprint density at radius 2 is 1.86 bits per heavy atom. The number of alkyl halides is 3. The maximum absolute atomic E-state index is 13.0. The van der Waals surface area contributed by atoms with Gasteiger partial charge in [0, 0.05) is 48.9 Å². The predicted octanol–water partition coefficient (Wildman–Crippen LogP) is 3.28. The van der Waals surface area contributed by atoms with E-state index in [-0.39, 0.29) is 11.6 Å². The molecule has 186 valence electrons. The minimum absolute atomic E-state index is 0.0487. The zero-order chi connectivity index (χ0) is 25.2. The summed E-state index contributed by atoms with van der Waals surface area (Å²) >= 11 is 0. The lowest BCUT2D eigenvalue weighted by molar-refractivity contribution is -0.274. The fraction of sp³-hybridized carbons (Fsp3) is 0.273. The van der Waals surface area contributed by atoms with Crippen LogP contribution in [0.25, 0.3) is 17.0 Å². The molecule has 13 heteroatoms. The molecular formula is C22H23F3N6O3S. The molecule has 3 aromatic rings. The van der Waals surface area contributed by atoms with Crippen LogP contribution in [0.1, 0.15) is 5.56 Å². The van der Waals surface area contributed by atoms with Crippen molar-refractivity contribution in [2.45, 2.75) is 6.36 Å². The van der Waals surface area contributed by atoms with Gasteiger partial charge in [-0.05, 0) is 43.0 Å². The second-order valence-corrected chi connectivity index (χ2v) is 9.50. The molecular weight excluding hydrogens is 485 g/mol. The van der Waals surface area contributed by atoms with Crippen molar-refractivity contribution in [2.24, 2.45) is 5.14 Å². The molecule has 1 saturated heterocycles. The number of nitrogens with zero attached hydrogens (tertiary/aromatic N) is 4. The summed E-state index contributed by atoms with van der Waals surface area (Å²) in [5.41, 5.74) is 1.77. The number of hydrogen-bond donors (Lipinski definition) is 2. The molecule has 1 aliphatic heterocycles. The quantitative estimate of drug-likeness (QED) is 0.522. The highest BCUT2D eigenvalue weighted by Gasteiger charge is 2.32. The zero-order valence-electron chi connectivity index (χ0n) is 18.7. The van der Waals surface area contributed by atoms with Gasteiger partial charge < -0.3 is 19.9 Å². The molecule has 9 nitrogen and oxygen atoms in total. The molecule has 0 radical (unpaired) electrons. The first-order valence-electron chi connectivity index (χ1n) is 10.5. The van der Waals surface area contributed by atoms with E-state index in [1.807, 2.05) is 7.05 Å². The van der Waals surface area contributed by atoms with Crippen LogP contribution in [0.4, 0.5) is 30.5 Å². The van der Waals surface area contributed by atoms with Crippen LogP contribution in [0.3, 0.4) is 0 Å². The van der Waals surface area contributed by atoms with Gasteiger partial charge in [-0.2, -0.15) is 0 Å². The summed E-state index contributed by atoms with van der Waals surface area (Å²) in [6, 6.07) is 9.38. The van der Waals surface area contributed by atoms with Crippen LogP contribution in [0.2, 0.25) is 0 Å². The Morgan fingerprint density at radius 3 is 2.54 bits per heavy atom. The first-order valence-corrected chi connectivity index (χ1v) is 12.1. The third-order valence-corrected chi connectivity index (χ3v) is 5.88.